The second-order valence-corrected chi connectivity index (χ2v) is 5.74. The molecule has 0 fully saturated rings. The van der Waals surface area contributed by atoms with E-state index in [0.717, 1.165) is 12.1 Å². The molecule has 1 atom stereocenters. The lowest BCUT2D eigenvalue weighted by atomic mass is 10.3. The molecule has 6 nitrogen and oxygen atoms in total. The first kappa shape index (κ1) is 19.3. The minimum absolute atomic E-state index is 0.00435. The van der Waals surface area contributed by atoms with Crippen molar-refractivity contribution in [1.29, 1.82) is 0 Å². The highest BCUT2D eigenvalue weighted by Crippen LogP contribution is 2.17. The summed E-state index contributed by atoms with van der Waals surface area (Å²) >= 11 is 0. The van der Waals surface area contributed by atoms with Crippen LogP contribution < -0.4 is 20.3 Å². The van der Waals surface area contributed by atoms with E-state index in [4.69, 9.17) is 4.74 Å². The molecule has 0 spiro atoms. The van der Waals surface area contributed by atoms with Gasteiger partial charge in [0.05, 0.1) is 14.2 Å². The summed E-state index contributed by atoms with van der Waals surface area (Å²) in [6.45, 7) is -0.121. The Hall–Kier alpha value is -3.00. The number of amides is 2. The molecule has 0 aromatic heterocycles. The summed E-state index contributed by atoms with van der Waals surface area (Å²) in [6.07, 6.45) is 0. The van der Waals surface area contributed by atoms with E-state index in [1.807, 2.05) is 0 Å². The second-order valence-electron chi connectivity index (χ2n) is 5.74. The lowest BCUT2D eigenvalue weighted by Crippen LogP contribution is -3.11. The maximum Gasteiger partial charge on any atom is 0.279 e. The van der Waals surface area contributed by atoms with Gasteiger partial charge in [0.15, 0.2) is 13.1 Å². The first-order valence-corrected chi connectivity index (χ1v) is 7.88. The molecule has 1 unspecified atom stereocenters. The van der Waals surface area contributed by atoms with Crippen LogP contribution in [0.5, 0.6) is 5.75 Å². The molecular weight excluding hydrogens is 344 g/mol. The van der Waals surface area contributed by atoms with Crippen molar-refractivity contribution >= 4 is 23.2 Å². The fourth-order valence-electron chi connectivity index (χ4n) is 2.32. The lowest BCUT2D eigenvalue weighted by Gasteiger charge is -2.14. The van der Waals surface area contributed by atoms with Gasteiger partial charge in [0, 0.05) is 11.8 Å². The highest BCUT2D eigenvalue weighted by Gasteiger charge is 2.17. The van der Waals surface area contributed by atoms with Crippen LogP contribution in [0.4, 0.5) is 20.2 Å². The number of carbonyl (C=O) groups excluding carboxylic acids is 2. The molecule has 0 radical (unpaired) electrons. The predicted octanol–water partition coefficient (Wildman–Crippen LogP) is 1.07. The Balaban J connectivity index is 1.86. The summed E-state index contributed by atoms with van der Waals surface area (Å²) in [4.78, 5) is 24.5. The SMILES string of the molecule is COc1cccc(NC(=O)C[NH+](C)CC(=O)Nc2c(F)cccc2F)c1. The number of para-hydroxylation sites is 1. The van der Waals surface area contributed by atoms with Crippen LogP contribution in [0.25, 0.3) is 0 Å². The summed E-state index contributed by atoms with van der Waals surface area (Å²) in [5, 5.41) is 4.89. The van der Waals surface area contributed by atoms with Crippen molar-refractivity contribution < 1.29 is 28.0 Å². The predicted molar refractivity (Wildman–Crippen MR) is 93.2 cm³/mol. The van der Waals surface area contributed by atoms with E-state index in [1.54, 1.807) is 31.3 Å². The fraction of sp³-hybridized carbons (Fsp3) is 0.222. The number of hydrogen-bond donors (Lipinski definition) is 3. The van der Waals surface area contributed by atoms with Crippen molar-refractivity contribution in [2.45, 2.75) is 0 Å². The van der Waals surface area contributed by atoms with Crippen LogP contribution in [-0.4, -0.2) is 39.1 Å². The average Bonchev–Trinajstić information content (AvgIpc) is 2.58. The largest absolute Gasteiger partial charge is 0.497 e. The first-order chi connectivity index (χ1) is 12.4. The monoisotopic (exact) mass is 364 g/mol. The molecule has 0 aliphatic rings. The Morgan fingerprint density at radius 1 is 1.00 bits per heavy atom. The molecule has 2 rings (SSSR count). The zero-order valence-electron chi connectivity index (χ0n) is 14.4. The van der Waals surface area contributed by atoms with Gasteiger partial charge in [-0.2, -0.15) is 0 Å². The number of carbonyl (C=O) groups is 2. The van der Waals surface area contributed by atoms with Crippen molar-refractivity contribution in [3.8, 4) is 5.75 Å². The Bertz CT molecular complexity index is 779. The third-order valence-corrected chi connectivity index (χ3v) is 3.51. The summed E-state index contributed by atoms with van der Waals surface area (Å²) in [6, 6.07) is 10.2. The Labute approximate surface area is 149 Å². The smallest absolute Gasteiger partial charge is 0.279 e. The fourth-order valence-corrected chi connectivity index (χ4v) is 2.32. The molecule has 8 heteroatoms. The Morgan fingerprint density at radius 3 is 2.19 bits per heavy atom. The number of rotatable bonds is 7. The van der Waals surface area contributed by atoms with Crippen LogP contribution in [0.2, 0.25) is 0 Å². The average molecular weight is 364 g/mol. The van der Waals surface area contributed by atoms with Gasteiger partial charge in [0.25, 0.3) is 11.8 Å². The molecule has 2 aromatic rings. The lowest BCUT2D eigenvalue weighted by molar-refractivity contribution is -0.862. The molecule has 0 saturated heterocycles. The number of nitrogens with one attached hydrogen (secondary N) is 3. The van der Waals surface area contributed by atoms with E-state index in [-0.39, 0.29) is 19.0 Å². The highest BCUT2D eigenvalue weighted by atomic mass is 19.1. The van der Waals surface area contributed by atoms with Crippen molar-refractivity contribution in [2.75, 3.05) is 37.9 Å². The van der Waals surface area contributed by atoms with Crippen LogP contribution in [-0.2, 0) is 9.59 Å². The summed E-state index contributed by atoms with van der Waals surface area (Å²) in [5.41, 5.74) is 0.0751. The standard InChI is InChI=1S/C18H19F2N3O3/c1-23(10-16(24)21-12-5-3-6-13(9-12)26-2)11-17(25)22-18-14(19)7-4-8-15(18)20/h3-9H,10-11H2,1-2H3,(H,21,24)(H,22,25)/p+1. The third kappa shape index (κ3) is 5.52. The molecule has 0 aliphatic carbocycles. The van der Waals surface area contributed by atoms with Gasteiger partial charge in [0.2, 0.25) is 0 Å². The van der Waals surface area contributed by atoms with Gasteiger partial charge in [-0.05, 0) is 24.3 Å². The van der Waals surface area contributed by atoms with E-state index >= 15 is 0 Å². The zero-order chi connectivity index (χ0) is 19.1. The number of anilines is 2. The van der Waals surface area contributed by atoms with Gasteiger partial charge in [0.1, 0.15) is 23.1 Å². The zero-order valence-corrected chi connectivity index (χ0v) is 14.4. The first-order valence-electron chi connectivity index (χ1n) is 7.88. The van der Waals surface area contributed by atoms with Gasteiger partial charge >= 0.3 is 0 Å². The van der Waals surface area contributed by atoms with Crippen LogP contribution in [0, 0.1) is 11.6 Å². The molecule has 3 N–H and O–H groups in total. The van der Waals surface area contributed by atoms with Gasteiger partial charge in [-0.25, -0.2) is 8.78 Å². The third-order valence-electron chi connectivity index (χ3n) is 3.51. The van der Waals surface area contributed by atoms with Gasteiger partial charge in [-0.15, -0.1) is 0 Å². The number of halogens is 2. The number of benzene rings is 2. The Morgan fingerprint density at radius 2 is 1.58 bits per heavy atom. The van der Waals surface area contributed by atoms with E-state index in [1.165, 1.54) is 13.2 Å². The molecule has 0 saturated carbocycles. The molecule has 0 bridgehead atoms. The van der Waals surface area contributed by atoms with Gasteiger partial charge < -0.3 is 20.3 Å². The maximum absolute atomic E-state index is 13.5. The van der Waals surface area contributed by atoms with E-state index in [9.17, 15) is 18.4 Å². The molecule has 2 aromatic carbocycles. The van der Waals surface area contributed by atoms with Gasteiger partial charge in [-0.1, -0.05) is 12.1 Å². The summed E-state index contributed by atoms with van der Waals surface area (Å²) in [7, 11) is 3.15. The molecular formula is C18H20F2N3O3+. The van der Waals surface area contributed by atoms with Crippen molar-refractivity contribution in [3.63, 3.8) is 0 Å². The normalized spacial score (nSPS) is 11.5. The van der Waals surface area contributed by atoms with Crippen LogP contribution in [0.3, 0.4) is 0 Å². The number of ether oxygens (including phenoxy) is 1. The minimum atomic E-state index is -0.855. The Kier molecular flexibility index (Phi) is 6.62. The van der Waals surface area contributed by atoms with E-state index < -0.39 is 23.2 Å². The molecule has 26 heavy (non-hydrogen) atoms. The second kappa shape index (κ2) is 8.91. The number of quaternary nitrogens is 1. The minimum Gasteiger partial charge on any atom is -0.497 e. The van der Waals surface area contributed by atoms with Crippen molar-refractivity contribution in [3.05, 3.63) is 54.1 Å². The maximum atomic E-state index is 13.5. The van der Waals surface area contributed by atoms with E-state index in [0.29, 0.717) is 16.3 Å². The number of hydrogen-bond acceptors (Lipinski definition) is 3. The molecule has 0 aliphatic heterocycles. The van der Waals surface area contributed by atoms with Crippen LogP contribution >= 0.6 is 0 Å². The highest BCUT2D eigenvalue weighted by molar-refractivity contribution is 5.93. The quantitative estimate of drug-likeness (QED) is 0.688. The molecule has 2 amide bonds. The van der Waals surface area contributed by atoms with Crippen molar-refractivity contribution in [2.24, 2.45) is 0 Å². The van der Waals surface area contributed by atoms with E-state index in [2.05, 4.69) is 10.6 Å². The van der Waals surface area contributed by atoms with Crippen LogP contribution in [0.1, 0.15) is 0 Å². The van der Waals surface area contributed by atoms with Crippen LogP contribution in [0.15, 0.2) is 42.5 Å². The molecule has 0 heterocycles. The number of methoxy groups -OCH3 is 1. The van der Waals surface area contributed by atoms with Gasteiger partial charge in [-0.3, -0.25) is 9.59 Å². The molecule has 138 valence electrons. The summed E-state index contributed by atoms with van der Waals surface area (Å²) < 4.78 is 32.1. The van der Waals surface area contributed by atoms with Crippen molar-refractivity contribution in [1.82, 2.24) is 0 Å². The number of likely N-dealkylation sites (N-methyl/N-ethyl adjacent to an activating group) is 1. The summed E-state index contributed by atoms with van der Waals surface area (Å²) in [5.74, 6) is -2.00. The topological polar surface area (TPSA) is 71.9 Å².